The maximum Gasteiger partial charge on any atom is 0.409 e. The maximum absolute atomic E-state index is 12.8. The van der Waals surface area contributed by atoms with E-state index in [-0.39, 0.29) is 6.42 Å². The average molecular weight is 366 g/mol. The Hall–Kier alpha value is -3.15. The third-order valence-electron chi connectivity index (χ3n) is 4.09. The molecule has 1 aliphatic heterocycles. The molecular formula is C21H22N2O4. The zero-order valence-corrected chi connectivity index (χ0v) is 15.6. The van der Waals surface area contributed by atoms with E-state index in [1.165, 1.54) is 0 Å². The highest BCUT2D eigenvalue weighted by molar-refractivity contribution is 6.21. The monoisotopic (exact) mass is 366 g/mol. The molecule has 1 aliphatic rings. The summed E-state index contributed by atoms with van der Waals surface area (Å²) in [6.07, 6.45) is -1.25. The van der Waals surface area contributed by atoms with E-state index in [9.17, 15) is 14.4 Å². The van der Waals surface area contributed by atoms with Crippen molar-refractivity contribution in [3.8, 4) is 0 Å². The molecule has 6 nitrogen and oxygen atoms in total. The van der Waals surface area contributed by atoms with Crippen LogP contribution in [0.4, 0.5) is 4.79 Å². The maximum atomic E-state index is 12.8. The van der Waals surface area contributed by atoms with Gasteiger partial charge in [-0.3, -0.25) is 14.5 Å². The number of carbonyl (C=O) groups excluding carboxylic acids is 3. The number of hydrogen-bond acceptors (Lipinski definition) is 4. The number of imide groups is 1. The number of nitrogens with zero attached hydrogens (tertiary/aromatic N) is 1. The minimum absolute atomic E-state index is 0.283. The fraction of sp³-hybridized carbons (Fsp3) is 0.286. The Balaban J connectivity index is 1.89. The number of amides is 3. The molecule has 6 heteroatoms. The Kier molecular flexibility index (Phi) is 4.99. The predicted molar refractivity (Wildman–Crippen MR) is 100 cm³/mol. The summed E-state index contributed by atoms with van der Waals surface area (Å²) in [5, 5.41) is 2.68. The molecule has 1 unspecified atom stereocenters. The largest absolute Gasteiger partial charge is 0.444 e. The number of nitrogens with one attached hydrogen (secondary N) is 1. The Morgan fingerprint density at radius 1 is 0.963 bits per heavy atom. The lowest BCUT2D eigenvalue weighted by Gasteiger charge is -2.29. The minimum Gasteiger partial charge on any atom is -0.444 e. The molecule has 1 atom stereocenters. The Morgan fingerprint density at radius 3 is 2.00 bits per heavy atom. The van der Waals surface area contributed by atoms with Crippen LogP contribution < -0.4 is 5.32 Å². The fourth-order valence-electron chi connectivity index (χ4n) is 2.98. The summed E-state index contributed by atoms with van der Waals surface area (Å²) in [5.41, 5.74) is 0.872. The number of carbonyl (C=O) groups is 3. The zero-order valence-electron chi connectivity index (χ0n) is 15.6. The predicted octanol–water partition coefficient (Wildman–Crippen LogP) is 3.38. The van der Waals surface area contributed by atoms with Gasteiger partial charge in [-0.05, 0) is 38.5 Å². The van der Waals surface area contributed by atoms with E-state index in [0.29, 0.717) is 11.1 Å². The molecule has 140 valence electrons. The van der Waals surface area contributed by atoms with Crippen molar-refractivity contribution in [2.45, 2.75) is 39.0 Å². The molecule has 0 bridgehead atoms. The number of hydrogen-bond donors (Lipinski definition) is 1. The molecular weight excluding hydrogens is 344 g/mol. The number of ether oxygens (including phenoxy) is 1. The van der Waals surface area contributed by atoms with Crippen LogP contribution in [-0.2, 0) is 11.2 Å². The molecule has 3 amide bonds. The van der Waals surface area contributed by atoms with Crippen LogP contribution in [0, 0.1) is 0 Å². The van der Waals surface area contributed by atoms with E-state index in [2.05, 4.69) is 5.32 Å². The molecule has 0 fully saturated rings. The van der Waals surface area contributed by atoms with Gasteiger partial charge in [-0.1, -0.05) is 42.5 Å². The van der Waals surface area contributed by atoms with Crippen LogP contribution in [0.5, 0.6) is 0 Å². The molecule has 2 aromatic rings. The minimum atomic E-state index is -0.852. The van der Waals surface area contributed by atoms with Crippen molar-refractivity contribution < 1.29 is 19.1 Å². The molecule has 0 saturated carbocycles. The molecule has 3 rings (SSSR count). The third kappa shape index (κ3) is 4.16. The molecule has 1 heterocycles. The lowest BCUT2D eigenvalue weighted by Crippen LogP contribution is -2.53. The van der Waals surface area contributed by atoms with E-state index in [0.717, 1.165) is 10.5 Å². The summed E-state index contributed by atoms with van der Waals surface area (Å²) in [4.78, 5) is 39.1. The summed E-state index contributed by atoms with van der Waals surface area (Å²) in [5.74, 6) is -0.847. The van der Waals surface area contributed by atoms with Gasteiger partial charge in [-0.25, -0.2) is 4.79 Å². The van der Waals surface area contributed by atoms with E-state index in [1.54, 1.807) is 45.0 Å². The van der Waals surface area contributed by atoms with E-state index < -0.39 is 29.7 Å². The third-order valence-corrected chi connectivity index (χ3v) is 4.09. The molecule has 0 aromatic heterocycles. The lowest BCUT2D eigenvalue weighted by atomic mass is 10.1. The van der Waals surface area contributed by atoms with Crippen LogP contribution in [0.3, 0.4) is 0 Å². The summed E-state index contributed by atoms with van der Waals surface area (Å²) in [7, 11) is 0. The van der Waals surface area contributed by atoms with Crippen molar-refractivity contribution in [1.82, 2.24) is 10.2 Å². The van der Waals surface area contributed by atoms with Gasteiger partial charge in [0.15, 0.2) is 0 Å². The summed E-state index contributed by atoms with van der Waals surface area (Å²) in [6, 6.07) is 16.0. The first-order valence-corrected chi connectivity index (χ1v) is 8.76. The highest BCUT2D eigenvalue weighted by Gasteiger charge is 2.40. The number of benzene rings is 2. The van der Waals surface area contributed by atoms with Crippen LogP contribution in [0.2, 0.25) is 0 Å². The van der Waals surface area contributed by atoms with Crippen LogP contribution >= 0.6 is 0 Å². The SMILES string of the molecule is CC(C)(C)OC(=O)NC(Cc1ccccc1)N1C(=O)c2ccccc2C1=O. The van der Waals surface area contributed by atoms with Gasteiger partial charge < -0.3 is 10.1 Å². The standard InChI is InChI=1S/C21H22N2O4/c1-21(2,3)27-20(26)22-17(13-14-9-5-4-6-10-14)23-18(24)15-11-7-8-12-16(15)19(23)25/h4-12,17H,13H2,1-3H3,(H,22,26). The van der Waals surface area contributed by atoms with E-state index >= 15 is 0 Å². The fourth-order valence-corrected chi connectivity index (χ4v) is 2.98. The van der Waals surface area contributed by atoms with E-state index in [4.69, 9.17) is 4.74 Å². The summed E-state index contributed by atoms with van der Waals surface area (Å²) in [6.45, 7) is 5.25. The first-order chi connectivity index (χ1) is 12.8. The zero-order chi connectivity index (χ0) is 19.6. The molecule has 0 radical (unpaired) electrons. The van der Waals surface area contributed by atoms with Crippen molar-refractivity contribution in [3.63, 3.8) is 0 Å². The van der Waals surface area contributed by atoms with Crippen LogP contribution in [0.15, 0.2) is 54.6 Å². The molecule has 0 spiro atoms. The quantitative estimate of drug-likeness (QED) is 0.842. The van der Waals surface area contributed by atoms with Gasteiger partial charge in [0.2, 0.25) is 0 Å². The molecule has 27 heavy (non-hydrogen) atoms. The second-order valence-electron chi connectivity index (χ2n) is 7.38. The van der Waals surface area contributed by atoms with Gasteiger partial charge in [0.25, 0.3) is 11.8 Å². The topological polar surface area (TPSA) is 75.7 Å². The Morgan fingerprint density at radius 2 is 1.48 bits per heavy atom. The van der Waals surface area contributed by atoms with Gasteiger partial charge >= 0.3 is 6.09 Å². The highest BCUT2D eigenvalue weighted by atomic mass is 16.6. The van der Waals surface area contributed by atoms with Crippen molar-refractivity contribution >= 4 is 17.9 Å². The number of alkyl carbamates (subject to hydrolysis) is 1. The van der Waals surface area contributed by atoms with Crippen molar-refractivity contribution in [3.05, 3.63) is 71.3 Å². The molecule has 0 saturated heterocycles. The Labute approximate surface area is 158 Å². The summed E-state index contributed by atoms with van der Waals surface area (Å²) >= 11 is 0. The number of rotatable bonds is 4. The Bertz CT molecular complexity index is 836. The van der Waals surface area contributed by atoms with Crippen molar-refractivity contribution in [2.75, 3.05) is 0 Å². The number of fused-ring (bicyclic) bond motifs is 1. The normalized spacial score (nSPS) is 14.7. The van der Waals surface area contributed by atoms with Crippen LogP contribution in [0.25, 0.3) is 0 Å². The van der Waals surface area contributed by atoms with E-state index in [1.807, 2.05) is 30.3 Å². The first-order valence-electron chi connectivity index (χ1n) is 8.76. The van der Waals surface area contributed by atoms with Gasteiger partial charge in [-0.2, -0.15) is 0 Å². The van der Waals surface area contributed by atoms with Gasteiger partial charge in [0.1, 0.15) is 11.8 Å². The second-order valence-corrected chi connectivity index (χ2v) is 7.38. The van der Waals surface area contributed by atoms with Crippen LogP contribution in [-0.4, -0.2) is 34.6 Å². The van der Waals surface area contributed by atoms with Crippen molar-refractivity contribution in [2.24, 2.45) is 0 Å². The summed E-state index contributed by atoms with van der Waals surface area (Å²) < 4.78 is 5.31. The molecule has 0 aliphatic carbocycles. The van der Waals surface area contributed by atoms with Crippen LogP contribution in [0.1, 0.15) is 47.1 Å². The second kappa shape index (κ2) is 7.23. The van der Waals surface area contributed by atoms with Gasteiger partial charge in [0, 0.05) is 6.42 Å². The highest BCUT2D eigenvalue weighted by Crippen LogP contribution is 2.25. The van der Waals surface area contributed by atoms with Gasteiger partial charge in [0.05, 0.1) is 11.1 Å². The molecule has 1 N–H and O–H groups in total. The average Bonchev–Trinajstić information content (AvgIpc) is 2.85. The lowest BCUT2D eigenvalue weighted by molar-refractivity contribution is 0.0388. The smallest absolute Gasteiger partial charge is 0.409 e. The van der Waals surface area contributed by atoms with Gasteiger partial charge in [-0.15, -0.1) is 0 Å². The van der Waals surface area contributed by atoms with Crippen molar-refractivity contribution in [1.29, 1.82) is 0 Å². The molecule has 2 aromatic carbocycles. The first kappa shape index (κ1) is 18.6.